The molecule has 118 valence electrons. The van der Waals surface area contributed by atoms with Gasteiger partial charge in [-0.2, -0.15) is 11.8 Å². The summed E-state index contributed by atoms with van der Waals surface area (Å²) >= 11 is 2.03. The fraction of sp³-hybridized carbons (Fsp3) is 1.00. The third-order valence-corrected chi connectivity index (χ3v) is 6.31. The molecule has 3 N–H and O–H groups in total. The van der Waals surface area contributed by atoms with E-state index in [0.29, 0.717) is 17.2 Å². The van der Waals surface area contributed by atoms with E-state index in [1.54, 1.807) is 0 Å². The smallest absolute Gasteiger partial charge is 0.0729 e. The monoisotopic (exact) mass is 302 g/mol. The van der Waals surface area contributed by atoms with Crippen molar-refractivity contribution in [2.45, 2.75) is 62.8 Å². The molecule has 2 rings (SSSR count). The van der Waals surface area contributed by atoms with Gasteiger partial charge in [0, 0.05) is 36.9 Å². The Morgan fingerprint density at radius 3 is 2.75 bits per heavy atom. The largest absolute Gasteiger partial charge is 0.381 e. The number of nitrogens with one attached hydrogen (secondary N) is 1. The van der Waals surface area contributed by atoms with Crippen molar-refractivity contribution in [3.63, 3.8) is 0 Å². The van der Waals surface area contributed by atoms with Crippen LogP contribution in [0.15, 0.2) is 0 Å². The Hall–Kier alpha value is 0.190. The minimum atomic E-state index is 0.0668. The molecule has 1 spiro atoms. The van der Waals surface area contributed by atoms with E-state index in [-0.39, 0.29) is 5.60 Å². The summed E-state index contributed by atoms with van der Waals surface area (Å²) in [6, 6.07) is 0.401. The third-order valence-electron chi connectivity index (χ3n) is 4.85. The molecule has 2 aliphatic heterocycles. The van der Waals surface area contributed by atoms with Crippen LogP contribution in [0.4, 0.5) is 0 Å². The minimum Gasteiger partial charge on any atom is -0.381 e. The fourth-order valence-corrected chi connectivity index (χ4v) is 4.35. The van der Waals surface area contributed by atoms with E-state index in [1.807, 2.05) is 11.8 Å². The van der Waals surface area contributed by atoms with Gasteiger partial charge in [-0.1, -0.05) is 13.8 Å². The standard InChI is InChI=1S/C15H30N2O2S/c1-3-12(2)20-11-14(17-16)13-4-7-19-15(10-13)5-8-18-9-6-15/h12-14,17H,3-11,16H2,1-2H3. The van der Waals surface area contributed by atoms with Gasteiger partial charge < -0.3 is 9.47 Å². The molecule has 0 amide bonds. The van der Waals surface area contributed by atoms with Crippen molar-refractivity contribution >= 4 is 11.8 Å². The van der Waals surface area contributed by atoms with Gasteiger partial charge in [0.25, 0.3) is 0 Å². The van der Waals surface area contributed by atoms with Crippen molar-refractivity contribution in [2.24, 2.45) is 11.8 Å². The molecule has 3 unspecified atom stereocenters. The predicted octanol–water partition coefficient (Wildman–Crippen LogP) is 2.33. The summed E-state index contributed by atoms with van der Waals surface area (Å²) in [6.07, 6.45) is 5.56. The number of thioether (sulfide) groups is 1. The number of hydrazine groups is 1. The molecule has 0 aromatic heterocycles. The highest BCUT2D eigenvalue weighted by molar-refractivity contribution is 7.99. The second kappa shape index (κ2) is 7.99. The first-order valence-electron chi connectivity index (χ1n) is 7.98. The summed E-state index contributed by atoms with van der Waals surface area (Å²) in [5.74, 6) is 7.55. The zero-order chi connectivity index (χ0) is 14.4. The first-order valence-corrected chi connectivity index (χ1v) is 9.03. The quantitative estimate of drug-likeness (QED) is 0.582. The Morgan fingerprint density at radius 1 is 1.35 bits per heavy atom. The molecular weight excluding hydrogens is 272 g/mol. The average molecular weight is 302 g/mol. The van der Waals surface area contributed by atoms with Crippen LogP contribution in [0.5, 0.6) is 0 Å². The number of ether oxygens (including phenoxy) is 2. The van der Waals surface area contributed by atoms with Gasteiger partial charge in [-0.05, 0) is 38.0 Å². The van der Waals surface area contributed by atoms with Crippen LogP contribution < -0.4 is 11.3 Å². The Bertz CT molecular complexity index is 280. The second-order valence-electron chi connectivity index (χ2n) is 6.22. The summed E-state index contributed by atoms with van der Waals surface area (Å²) in [6.45, 7) is 7.09. The molecule has 4 nitrogen and oxygen atoms in total. The molecule has 0 radical (unpaired) electrons. The number of rotatable bonds is 6. The van der Waals surface area contributed by atoms with Gasteiger partial charge in [-0.15, -0.1) is 0 Å². The van der Waals surface area contributed by atoms with Crippen LogP contribution in [0.25, 0.3) is 0 Å². The summed E-state index contributed by atoms with van der Waals surface area (Å²) < 4.78 is 11.6. The molecular formula is C15H30N2O2S. The molecule has 2 fully saturated rings. The number of nitrogens with two attached hydrogens (primary N) is 1. The molecule has 0 aliphatic carbocycles. The highest BCUT2D eigenvalue weighted by atomic mass is 32.2. The normalized spacial score (nSPS) is 29.2. The van der Waals surface area contributed by atoms with Crippen molar-refractivity contribution in [3.8, 4) is 0 Å². The maximum atomic E-state index is 6.12. The zero-order valence-corrected chi connectivity index (χ0v) is 13.7. The van der Waals surface area contributed by atoms with Crippen LogP contribution in [0.3, 0.4) is 0 Å². The molecule has 5 heteroatoms. The minimum absolute atomic E-state index is 0.0668. The summed E-state index contributed by atoms with van der Waals surface area (Å²) in [5.41, 5.74) is 3.13. The lowest BCUT2D eigenvalue weighted by Gasteiger charge is -2.45. The Labute approximate surface area is 127 Å². The van der Waals surface area contributed by atoms with Crippen LogP contribution in [0.2, 0.25) is 0 Å². The van der Waals surface area contributed by atoms with Gasteiger partial charge in [0.05, 0.1) is 5.60 Å². The van der Waals surface area contributed by atoms with Crippen molar-refractivity contribution in [1.29, 1.82) is 0 Å². The third kappa shape index (κ3) is 4.34. The molecule has 0 aromatic rings. The first kappa shape index (κ1) is 16.6. The van der Waals surface area contributed by atoms with Gasteiger partial charge >= 0.3 is 0 Å². The summed E-state index contributed by atoms with van der Waals surface area (Å²) in [4.78, 5) is 0. The van der Waals surface area contributed by atoms with Crippen molar-refractivity contribution in [3.05, 3.63) is 0 Å². The fourth-order valence-electron chi connectivity index (χ4n) is 3.21. The first-order chi connectivity index (χ1) is 9.69. The molecule has 2 aliphatic rings. The van der Waals surface area contributed by atoms with E-state index in [0.717, 1.165) is 51.3 Å². The topological polar surface area (TPSA) is 56.5 Å². The van der Waals surface area contributed by atoms with Crippen molar-refractivity contribution in [1.82, 2.24) is 5.43 Å². The SMILES string of the molecule is CCC(C)SCC(NN)C1CCOC2(CCOCC2)C1. The Balaban J connectivity index is 1.88. The Morgan fingerprint density at radius 2 is 2.10 bits per heavy atom. The maximum Gasteiger partial charge on any atom is 0.0729 e. The lowest BCUT2D eigenvalue weighted by molar-refractivity contribution is -0.149. The lowest BCUT2D eigenvalue weighted by atomic mass is 9.78. The van der Waals surface area contributed by atoms with Crippen LogP contribution in [0.1, 0.15) is 46.0 Å². The average Bonchev–Trinajstić information content (AvgIpc) is 2.48. The van der Waals surface area contributed by atoms with Gasteiger partial charge in [0.2, 0.25) is 0 Å². The van der Waals surface area contributed by atoms with Gasteiger partial charge in [0.15, 0.2) is 0 Å². The van der Waals surface area contributed by atoms with Crippen LogP contribution in [-0.4, -0.2) is 42.5 Å². The molecule has 0 bridgehead atoms. The number of hydrogen-bond donors (Lipinski definition) is 2. The van der Waals surface area contributed by atoms with E-state index < -0.39 is 0 Å². The van der Waals surface area contributed by atoms with Crippen molar-refractivity contribution in [2.75, 3.05) is 25.6 Å². The van der Waals surface area contributed by atoms with Gasteiger partial charge in [-0.25, -0.2) is 0 Å². The highest BCUT2D eigenvalue weighted by Crippen LogP contribution is 2.38. The van der Waals surface area contributed by atoms with Crippen molar-refractivity contribution < 1.29 is 9.47 Å². The summed E-state index contributed by atoms with van der Waals surface area (Å²) in [5, 5.41) is 0.711. The van der Waals surface area contributed by atoms with Crippen LogP contribution >= 0.6 is 11.8 Å². The van der Waals surface area contributed by atoms with E-state index in [4.69, 9.17) is 15.3 Å². The number of hydrogen-bond acceptors (Lipinski definition) is 5. The maximum absolute atomic E-state index is 6.12. The van der Waals surface area contributed by atoms with E-state index in [1.165, 1.54) is 6.42 Å². The second-order valence-corrected chi connectivity index (χ2v) is 7.69. The van der Waals surface area contributed by atoms with E-state index in [2.05, 4.69) is 19.3 Å². The highest BCUT2D eigenvalue weighted by Gasteiger charge is 2.41. The zero-order valence-electron chi connectivity index (χ0n) is 12.9. The molecule has 3 atom stereocenters. The van der Waals surface area contributed by atoms with E-state index in [9.17, 15) is 0 Å². The van der Waals surface area contributed by atoms with E-state index >= 15 is 0 Å². The van der Waals surface area contributed by atoms with Crippen LogP contribution in [0, 0.1) is 5.92 Å². The Kier molecular flexibility index (Phi) is 6.62. The van der Waals surface area contributed by atoms with Crippen LogP contribution in [-0.2, 0) is 9.47 Å². The lowest BCUT2D eigenvalue weighted by Crippen LogP contribution is -2.51. The van der Waals surface area contributed by atoms with Gasteiger partial charge in [0.1, 0.15) is 0 Å². The van der Waals surface area contributed by atoms with Gasteiger partial charge in [-0.3, -0.25) is 11.3 Å². The molecule has 20 heavy (non-hydrogen) atoms. The predicted molar refractivity (Wildman–Crippen MR) is 84.8 cm³/mol. The molecule has 2 heterocycles. The summed E-state index contributed by atoms with van der Waals surface area (Å²) in [7, 11) is 0. The molecule has 2 saturated heterocycles. The molecule has 0 saturated carbocycles. The molecule has 0 aromatic carbocycles.